The molecular formula is C33H33ClN4O7S2. The number of benzene rings is 4. The maximum absolute atomic E-state index is 13.6. The summed E-state index contributed by atoms with van der Waals surface area (Å²) >= 11 is 6.07. The average Bonchev–Trinajstić information content (AvgIpc) is 3.08. The van der Waals surface area contributed by atoms with Gasteiger partial charge in [0.2, 0.25) is 20.0 Å². The van der Waals surface area contributed by atoms with Gasteiger partial charge in [-0.1, -0.05) is 60.1 Å². The number of hydrogen-bond donors (Lipinski definition) is 1. The van der Waals surface area contributed by atoms with Crippen LogP contribution < -0.4 is 14.9 Å². The molecule has 0 bridgehead atoms. The first-order chi connectivity index (χ1) is 22.6. The van der Waals surface area contributed by atoms with Gasteiger partial charge in [0.15, 0.2) is 11.5 Å². The topological polar surface area (TPSA) is 135 Å². The summed E-state index contributed by atoms with van der Waals surface area (Å²) in [4.78, 5) is 13.6. The van der Waals surface area contributed by atoms with E-state index in [9.17, 15) is 21.6 Å². The number of sulfonamides is 2. The van der Waals surface area contributed by atoms with Crippen LogP contribution in [0.15, 0.2) is 118 Å². The first kappa shape index (κ1) is 34.1. The minimum Gasteiger partial charge on any atom is -0.490 e. The second-order valence-corrected chi connectivity index (χ2v) is 14.7. The number of carbonyl (C=O) groups excluding carboxylic acids is 1. The Balaban J connectivity index is 1.35. The predicted octanol–water partition coefficient (Wildman–Crippen LogP) is 4.53. The van der Waals surface area contributed by atoms with Crippen LogP contribution in [0.4, 0.5) is 0 Å². The number of halogens is 1. The Morgan fingerprint density at radius 3 is 2.19 bits per heavy atom. The molecule has 246 valence electrons. The highest BCUT2D eigenvalue weighted by molar-refractivity contribution is 7.89. The largest absolute Gasteiger partial charge is 0.490 e. The SMILES string of the molecule is CCOc1cc(/C=N\NC(=O)[C@H]2CN(S(=O)(=O)c3ccccc3)CCN2S(=O)(=O)c2ccccc2)ccc1OCc1cccc(Cl)c1. The molecule has 47 heavy (non-hydrogen) atoms. The number of rotatable bonds is 12. The third-order valence-electron chi connectivity index (χ3n) is 7.27. The van der Waals surface area contributed by atoms with Crippen LogP contribution in [0.2, 0.25) is 5.02 Å². The summed E-state index contributed by atoms with van der Waals surface area (Å²) in [6.07, 6.45) is 1.37. The smallest absolute Gasteiger partial charge is 0.259 e. The van der Waals surface area contributed by atoms with Crippen LogP contribution in [0.1, 0.15) is 18.1 Å². The molecule has 1 saturated heterocycles. The molecule has 0 spiro atoms. The zero-order valence-electron chi connectivity index (χ0n) is 25.4. The Morgan fingerprint density at radius 1 is 0.851 bits per heavy atom. The number of carbonyl (C=O) groups is 1. The van der Waals surface area contributed by atoms with Gasteiger partial charge in [-0.25, -0.2) is 22.3 Å². The van der Waals surface area contributed by atoms with Gasteiger partial charge in [-0.15, -0.1) is 0 Å². The fourth-order valence-corrected chi connectivity index (χ4v) is 8.22. The first-order valence-electron chi connectivity index (χ1n) is 14.7. The highest BCUT2D eigenvalue weighted by atomic mass is 35.5. The summed E-state index contributed by atoms with van der Waals surface area (Å²) in [6.45, 7) is 1.70. The molecule has 0 saturated carbocycles. The van der Waals surface area contributed by atoms with Gasteiger partial charge < -0.3 is 9.47 Å². The van der Waals surface area contributed by atoms with Crippen molar-refractivity contribution >= 4 is 43.8 Å². The Labute approximate surface area is 279 Å². The van der Waals surface area contributed by atoms with Crippen molar-refractivity contribution in [3.63, 3.8) is 0 Å². The highest BCUT2D eigenvalue weighted by Crippen LogP contribution is 2.29. The fraction of sp³-hybridized carbons (Fsp3) is 0.212. The number of piperazine rings is 1. The zero-order chi connectivity index (χ0) is 33.4. The van der Waals surface area contributed by atoms with E-state index in [0.29, 0.717) is 28.7 Å². The lowest BCUT2D eigenvalue weighted by atomic mass is 10.2. The van der Waals surface area contributed by atoms with E-state index in [0.717, 1.165) is 14.2 Å². The minimum absolute atomic E-state index is 0.0122. The number of amides is 1. The Kier molecular flexibility index (Phi) is 10.9. The van der Waals surface area contributed by atoms with Crippen LogP contribution >= 0.6 is 11.6 Å². The van der Waals surface area contributed by atoms with Crippen LogP contribution in [0, 0.1) is 0 Å². The van der Waals surface area contributed by atoms with Crippen LogP contribution in [0.25, 0.3) is 0 Å². The lowest BCUT2D eigenvalue weighted by Crippen LogP contribution is -2.60. The number of ether oxygens (including phenoxy) is 2. The van der Waals surface area contributed by atoms with Crippen molar-refractivity contribution in [1.29, 1.82) is 0 Å². The number of hydrogen-bond acceptors (Lipinski definition) is 8. The lowest BCUT2D eigenvalue weighted by Gasteiger charge is -2.38. The molecule has 1 N–H and O–H groups in total. The van der Waals surface area contributed by atoms with Crippen LogP contribution in [-0.2, 0) is 31.4 Å². The quantitative estimate of drug-likeness (QED) is 0.170. The molecule has 11 nitrogen and oxygen atoms in total. The second-order valence-electron chi connectivity index (χ2n) is 10.4. The van der Waals surface area contributed by atoms with Crippen LogP contribution in [0.3, 0.4) is 0 Å². The van der Waals surface area contributed by atoms with Crippen molar-refractivity contribution in [2.75, 3.05) is 26.2 Å². The summed E-state index contributed by atoms with van der Waals surface area (Å²) < 4.78 is 67.9. The van der Waals surface area contributed by atoms with Crippen molar-refractivity contribution in [3.05, 3.63) is 119 Å². The number of nitrogens with zero attached hydrogens (tertiary/aromatic N) is 3. The molecule has 1 heterocycles. The predicted molar refractivity (Wildman–Crippen MR) is 178 cm³/mol. The van der Waals surface area contributed by atoms with E-state index in [-0.39, 0.29) is 29.5 Å². The third-order valence-corrected chi connectivity index (χ3v) is 11.3. The molecule has 1 atom stereocenters. The summed E-state index contributed by atoms with van der Waals surface area (Å²) in [5.41, 5.74) is 3.85. The van der Waals surface area contributed by atoms with Gasteiger partial charge >= 0.3 is 0 Å². The summed E-state index contributed by atoms with van der Waals surface area (Å²) in [7, 11) is -8.15. The summed E-state index contributed by atoms with van der Waals surface area (Å²) in [5.74, 6) is 0.163. The maximum atomic E-state index is 13.6. The molecule has 0 radical (unpaired) electrons. The van der Waals surface area contributed by atoms with Crippen molar-refractivity contribution in [2.45, 2.75) is 29.4 Å². The molecule has 14 heteroatoms. The van der Waals surface area contributed by atoms with Gasteiger partial charge in [0.1, 0.15) is 12.6 Å². The molecule has 0 unspecified atom stereocenters. The molecule has 0 aromatic heterocycles. The molecular weight excluding hydrogens is 664 g/mol. The lowest BCUT2D eigenvalue weighted by molar-refractivity contribution is -0.125. The molecule has 5 rings (SSSR count). The van der Waals surface area contributed by atoms with E-state index in [2.05, 4.69) is 10.5 Å². The zero-order valence-corrected chi connectivity index (χ0v) is 27.8. The monoisotopic (exact) mass is 696 g/mol. The Morgan fingerprint density at radius 2 is 1.53 bits per heavy atom. The van der Waals surface area contributed by atoms with E-state index in [1.165, 1.54) is 30.5 Å². The number of nitrogens with one attached hydrogen (secondary N) is 1. The van der Waals surface area contributed by atoms with Crippen LogP contribution in [0.5, 0.6) is 11.5 Å². The first-order valence-corrected chi connectivity index (χ1v) is 17.9. The summed E-state index contributed by atoms with van der Waals surface area (Å²) in [6, 6.07) is 26.5. The Hall–Kier alpha value is -4.27. The highest BCUT2D eigenvalue weighted by Gasteiger charge is 2.43. The molecule has 1 amide bonds. The van der Waals surface area contributed by atoms with Gasteiger partial charge in [0.05, 0.1) is 22.6 Å². The molecule has 0 aliphatic carbocycles. The van der Waals surface area contributed by atoms with E-state index in [1.54, 1.807) is 66.7 Å². The van der Waals surface area contributed by atoms with Gasteiger partial charge in [-0.05, 0) is 72.6 Å². The molecule has 1 fully saturated rings. The molecule has 4 aromatic carbocycles. The average molecular weight is 697 g/mol. The normalized spacial score (nSPS) is 16.2. The molecule has 4 aromatic rings. The summed E-state index contributed by atoms with van der Waals surface area (Å²) in [5, 5.41) is 4.66. The third kappa shape index (κ3) is 8.18. The van der Waals surface area contributed by atoms with Gasteiger partial charge in [-0.2, -0.15) is 13.7 Å². The van der Waals surface area contributed by atoms with E-state index >= 15 is 0 Å². The van der Waals surface area contributed by atoms with E-state index in [1.807, 2.05) is 19.1 Å². The van der Waals surface area contributed by atoms with E-state index in [4.69, 9.17) is 21.1 Å². The number of hydrazone groups is 1. The molecule has 1 aliphatic heterocycles. The Bertz CT molecular complexity index is 1940. The standard InChI is InChI=1S/C33H33ClN4O7S2/c1-2-44-32-21-25(16-17-31(32)45-24-26-10-9-11-27(34)20-26)22-35-36-33(39)30-23-37(46(40,41)28-12-5-3-6-13-28)18-19-38(30)47(42,43)29-14-7-4-8-15-29/h3-17,20-22,30H,2,18-19,23-24H2,1H3,(H,36,39)/b35-22-/t30-/m1/s1. The second kappa shape index (κ2) is 15.1. The van der Waals surface area contributed by atoms with E-state index < -0.39 is 38.5 Å². The minimum atomic E-state index is -4.15. The van der Waals surface area contributed by atoms with Gasteiger partial charge in [0, 0.05) is 24.7 Å². The van der Waals surface area contributed by atoms with Crippen LogP contribution in [-0.4, -0.2) is 69.9 Å². The maximum Gasteiger partial charge on any atom is 0.259 e. The van der Waals surface area contributed by atoms with Gasteiger partial charge in [0.25, 0.3) is 5.91 Å². The van der Waals surface area contributed by atoms with Crippen molar-refractivity contribution in [2.24, 2.45) is 5.10 Å². The molecule has 1 aliphatic rings. The van der Waals surface area contributed by atoms with Gasteiger partial charge in [-0.3, -0.25) is 4.79 Å². The van der Waals surface area contributed by atoms with Crippen molar-refractivity contribution < 1.29 is 31.1 Å². The van der Waals surface area contributed by atoms with Crippen molar-refractivity contribution in [3.8, 4) is 11.5 Å². The fourth-order valence-electron chi connectivity index (χ4n) is 4.96. The van der Waals surface area contributed by atoms with Crippen molar-refractivity contribution in [1.82, 2.24) is 14.0 Å².